The highest BCUT2D eigenvalue weighted by Crippen LogP contribution is 2.35. The Kier molecular flexibility index (Phi) is 7.52. The summed E-state index contributed by atoms with van der Waals surface area (Å²) in [6, 6.07) is 18.5. The van der Waals surface area contributed by atoms with Gasteiger partial charge >= 0.3 is 0 Å². The Morgan fingerprint density at radius 2 is 1.71 bits per heavy atom. The van der Waals surface area contributed by atoms with Crippen LogP contribution in [0.2, 0.25) is 10.0 Å². The van der Waals surface area contributed by atoms with E-state index in [0.29, 0.717) is 32.7 Å². The summed E-state index contributed by atoms with van der Waals surface area (Å²) in [7, 11) is 0. The minimum Gasteiger partial charge on any atom is -0.507 e. The van der Waals surface area contributed by atoms with Crippen molar-refractivity contribution in [2.75, 3.05) is 13.2 Å². The monoisotopic (exact) mass is 513 g/mol. The molecule has 1 aliphatic rings. The van der Waals surface area contributed by atoms with E-state index in [4.69, 9.17) is 27.9 Å². The van der Waals surface area contributed by atoms with Crippen LogP contribution in [0.1, 0.15) is 5.56 Å². The standard InChI is InChI=1S/C24H17Cl2N3O4S/c25-17-5-1-3-7-19(17)28-27-16-9-10-20(30)15(13-16)14-22-23(31)29(24(32)34-22)11-12-33-21-8-4-2-6-18(21)26/h1-10,13-14,30H,11-12H2/b22-14-,28-27?. The number of halogens is 2. The Balaban J connectivity index is 1.46. The van der Waals surface area contributed by atoms with Crippen molar-refractivity contribution in [3.63, 3.8) is 0 Å². The Bertz CT molecular complexity index is 1310. The third-order valence-corrected chi connectivity index (χ3v) is 6.25. The molecule has 0 saturated carbocycles. The first-order valence-electron chi connectivity index (χ1n) is 10.0. The number of carbonyl (C=O) groups excluding carboxylic acids is 2. The SMILES string of the molecule is O=C1S/C(=C\c2cc(N=Nc3ccccc3Cl)ccc2O)C(=O)N1CCOc1ccccc1Cl. The number of imide groups is 1. The van der Waals surface area contributed by atoms with Gasteiger partial charge in [0.25, 0.3) is 11.1 Å². The van der Waals surface area contributed by atoms with Crippen LogP contribution in [0.25, 0.3) is 6.08 Å². The van der Waals surface area contributed by atoms with Crippen molar-refractivity contribution in [2.45, 2.75) is 0 Å². The third kappa shape index (κ3) is 5.59. The number of azo groups is 1. The van der Waals surface area contributed by atoms with Crippen LogP contribution in [0.5, 0.6) is 11.5 Å². The molecule has 3 aromatic rings. The lowest BCUT2D eigenvalue weighted by Gasteiger charge is -2.13. The van der Waals surface area contributed by atoms with Crippen LogP contribution in [0.15, 0.2) is 81.9 Å². The van der Waals surface area contributed by atoms with E-state index in [2.05, 4.69) is 10.2 Å². The molecule has 1 N–H and O–H groups in total. The summed E-state index contributed by atoms with van der Waals surface area (Å²) in [6.45, 7) is 0.156. The van der Waals surface area contributed by atoms with Gasteiger partial charge in [0.1, 0.15) is 23.8 Å². The first-order valence-corrected chi connectivity index (χ1v) is 11.6. The lowest BCUT2D eigenvalue weighted by atomic mass is 10.1. The highest BCUT2D eigenvalue weighted by molar-refractivity contribution is 8.18. The van der Waals surface area contributed by atoms with Crippen molar-refractivity contribution < 1.29 is 19.4 Å². The normalized spacial score (nSPS) is 15.0. The molecule has 0 bridgehead atoms. The maximum atomic E-state index is 12.8. The van der Waals surface area contributed by atoms with E-state index >= 15 is 0 Å². The fourth-order valence-corrected chi connectivity index (χ4v) is 4.23. The number of aromatic hydroxyl groups is 1. The molecule has 0 atom stereocenters. The molecular weight excluding hydrogens is 497 g/mol. The minimum absolute atomic E-state index is 0.0608. The molecule has 0 spiro atoms. The zero-order valence-electron chi connectivity index (χ0n) is 17.5. The number of hydrogen-bond donors (Lipinski definition) is 1. The highest BCUT2D eigenvalue weighted by atomic mass is 35.5. The molecule has 0 unspecified atom stereocenters. The number of thioether (sulfide) groups is 1. The number of carbonyl (C=O) groups is 2. The maximum absolute atomic E-state index is 12.8. The van der Waals surface area contributed by atoms with Gasteiger partial charge in [-0.1, -0.05) is 47.5 Å². The van der Waals surface area contributed by atoms with Gasteiger partial charge < -0.3 is 9.84 Å². The van der Waals surface area contributed by atoms with Crippen molar-refractivity contribution in [2.24, 2.45) is 10.2 Å². The summed E-state index contributed by atoms with van der Waals surface area (Å²) < 4.78 is 5.58. The van der Waals surface area contributed by atoms with Gasteiger partial charge in [0.2, 0.25) is 0 Å². The molecule has 3 aromatic carbocycles. The number of benzene rings is 3. The molecule has 10 heteroatoms. The number of phenols is 1. The smallest absolute Gasteiger partial charge is 0.293 e. The molecule has 0 aliphatic carbocycles. The lowest BCUT2D eigenvalue weighted by Crippen LogP contribution is -2.32. The second-order valence-electron chi connectivity index (χ2n) is 7.01. The molecule has 172 valence electrons. The number of phenolic OH excluding ortho intramolecular Hbond substituents is 1. The van der Waals surface area contributed by atoms with Crippen molar-refractivity contribution in [3.05, 3.63) is 87.2 Å². The Labute approximate surface area is 209 Å². The predicted molar refractivity (Wildman–Crippen MR) is 133 cm³/mol. The first-order chi connectivity index (χ1) is 16.4. The van der Waals surface area contributed by atoms with Gasteiger partial charge in [-0.05, 0) is 60.3 Å². The van der Waals surface area contributed by atoms with Crippen molar-refractivity contribution in [3.8, 4) is 11.5 Å². The molecule has 0 aromatic heterocycles. The molecule has 4 rings (SSSR count). The van der Waals surface area contributed by atoms with Gasteiger partial charge in [-0.2, -0.15) is 5.11 Å². The average molecular weight is 514 g/mol. The van der Waals surface area contributed by atoms with Crippen molar-refractivity contribution >= 4 is 63.6 Å². The Morgan fingerprint density at radius 3 is 2.47 bits per heavy atom. The van der Waals surface area contributed by atoms with Crippen LogP contribution < -0.4 is 4.74 Å². The van der Waals surface area contributed by atoms with E-state index in [0.717, 1.165) is 16.7 Å². The fourth-order valence-electron chi connectivity index (χ4n) is 3.01. The second-order valence-corrected chi connectivity index (χ2v) is 8.81. The van der Waals surface area contributed by atoms with E-state index in [1.54, 1.807) is 60.7 Å². The first kappa shape index (κ1) is 23.8. The fraction of sp³-hybridized carbons (Fsp3) is 0.0833. The molecule has 1 fully saturated rings. The number of amides is 2. The van der Waals surface area contributed by atoms with Gasteiger partial charge in [0.15, 0.2) is 0 Å². The molecule has 7 nitrogen and oxygen atoms in total. The summed E-state index contributed by atoms with van der Waals surface area (Å²) in [6.07, 6.45) is 1.45. The van der Waals surface area contributed by atoms with Gasteiger partial charge in [0, 0.05) is 5.56 Å². The summed E-state index contributed by atoms with van der Waals surface area (Å²) in [4.78, 5) is 26.4. The molecule has 0 radical (unpaired) electrons. The summed E-state index contributed by atoms with van der Waals surface area (Å²) in [5.41, 5.74) is 1.27. The van der Waals surface area contributed by atoms with Gasteiger partial charge in [-0.15, -0.1) is 5.11 Å². The van der Waals surface area contributed by atoms with Crippen molar-refractivity contribution in [1.82, 2.24) is 4.90 Å². The topological polar surface area (TPSA) is 91.6 Å². The number of nitrogens with zero attached hydrogens (tertiary/aromatic N) is 3. The molecule has 34 heavy (non-hydrogen) atoms. The third-order valence-electron chi connectivity index (χ3n) is 4.71. The molecule has 1 saturated heterocycles. The minimum atomic E-state index is -0.472. The molecule has 2 amide bonds. The Morgan fingerprint density at radius 1 is 0.971 bits per heavy atom. The Hall–Kier alpha value is -3.33. The summed E-state index contributed by atoms with van der Waals surface area (Å²) in [5.74, 6) is -0.0647. The predicted octanol–water partition coefficient (Wildman–Crippen LogP) is 7.23. The van der Waals surface area contributed by atoms with Crippen LogP contribution in [0.3, 0.4) is 0 Å². The van der Waals surface area contributed by atoms with Crippen LogP contribution in [-0.4, -0.2) is 34.3 Å². The molecular formula is C24H17Cl2N3O4S. The molecule has 1 heterocycles. The lowest BCUT2D eigenvalue weighted by molar-refractivity contribution is -0.123. The largest absolute Gasteiger partial charge is 0.507 e. The number of ether oxygens (including phenoxy) is 1. The van der Waals surface area contributed by atoms with Crippen LogP contribution in [0, 0.1) is 0 Å². The summed E-state index contributed by atoms with van der Waals surface area (Å²) in [5, 5.41) is 19.0. The van der Waals surface area contributed by atoms with E-state index in [1.807, 2.05) is 0 Å². The second kappa shape index (κ2) is 10.7. The van der Waals surface area contributed by atoms with Crippen molar-refractivity contribution in [1.29, 1.82) is 0 Å². The van der Waals surface area contributed by atoms with E-state index < -0.39 is 11.1 Å². The van der Waals surface area contributed by atoms with Gasteiger partial charge in [-0.25, -0.2) is 0 Å². The van der Waals surface area contributed by atoms with E-state index in [1.165, 1.54) is 12.1 Å². The van der Waals surface area contributed by atoms with E-state index in [9.17, 15) is 14.7 Å². The molecule has 1 aliphatic heterocycles. The number of rotatable bonds is 7. The van der Waals surface area contributed by atoms with Gasteiger partial charge in [-0.3, -0.25) is 14.5 Å². The summed E-state index contributed by atoms with van der Waals surface area (Å²) >= 11 is 12.9. The maximum Gasteiger partial charge on any atom is 0.293 e. The van der Waals surface area contributed by atoms with Crippen LogP contribution in [-0.2, 0) is 4.79 Å². The highest BCUT2D eigenvalue weighted by Gasteiger charge is 2.35. The van der Waals surface area contributed by atoms with Gasteiger partial charge in [0.05, 0.1) is 27.2 Å². The average Bonchev–Trinajstić information content (AvgIpc) is 3.09. The number of para-hydroxylation sites is 1. The quantitative estimate of drug-likeness (QED) is 0.265. The van der Waals surface area contributed by atoms with Crippen LogP contribution >= 0.6 is 35.0 Å². The zero-order chi connectivity index (χ0) is 24.1. The number of hydrogen-bond acceptors (Lipinski definition) is 7. The van der Waals surface area contributed by atoms with E-state index in [-0.39, 0.29) is 23.8 Å². The zero-order valence-corrected chi connectivity index (χ0v) is 19.8. The van der Waals surface area contributed by atoms with Crippen LogP contribution in [0.4, 0.5) is 16.2 Å².